The van der Waals surface area contributed by atoms with Crippen molar-refractivity contribution in [3.8, 4) is 16.8 Å². The Morgan fingerprint density at radius 1 is 0.405 bits per heavy atom. The summed E-state index contributed by atoms with van der Waals surface area (Å²) in [6, 6.07) is 60.9. The van der Waals surface area contributed by atoms with Crippen molar-refractivity contribution >= 4 is 49.6 Å². The van der Waals surface area contributed by atoms with Crippen molar-refractivity contribution in [2.45, 2.75) is 0 Å². The Morgan fingerprint density at radius 3 is 1.76 bits per heavy atom. The van der Waals surface area contributed by atoms with Crippen molar-refractivity contribution in [3.63, 3.8) is 0 Å². The first-order valence-electron chi connectivity index (χ1n) is 14.4. The van der Waals surface area contributed by atoms with Crippen LogP contribution < -0.4 is 4.90 Å². The minimum absolute atomic E-state index is 1.12. The van der Waals surface area contributed by atoms with Gasteiger partial charge in [0.15, 0.2) is 0 Å². The van der Waals surface area contributed by atoms with E-state index in [-0.39, 0.29) is 0 Å². The van der Waals surface area contributed by atoms with Gasteiger partial charge in [-0.05, 0) is 65.0 Å². The van der Waals surface area contributed by atoms with Crippen LogP contribution in [0.5, 0.6) is 0 Å². The molecule has 7 aromatic carbocycles. The van der Waals surface area contributed by atoms with Crippen LogP contribution in [0.3, 0.4) is 0 Å². The molecule has 0 fully saturated rings. The van der Waals surface area contributed by atoms with Gasteiger partial charge >= 0.3 is 0 Å². The van der Waals surface area contributed by atoms with Gasteiger partial charge in [-0.15, -0.1) is 0 Å². The molecule has 0 atom stereocenters. The lowest BCUT2D eigenvalue weighted by Crippen LogP contribution is -2.11. The lowest BCUT2D eigenvalue weighted by Gasteiger charge is -2.28. The van der Waals surface area contributed by atoms with Crippen LogP contribution in [-0.4, -0.2) is 4.57 Å². The van der Waals surface area contributed by atoms with Gasteiger partial charge in [0.05, 0.1) is 22.4 Å². The SMILES string of the molecule is c1ccc(-c2cccc3c2c2c(N(c4ccccc4)c4cccc5ccccc45)cccc2n3-c2ccccc2)cc1. The molecule has 0 saturated heterocycles. The van der Waals surface area contributed by atoms with Crippen molar-refractivity contribution in [1.82, 2.24) is 4.57 Å². The molecule has 1 heterocycles. The fourth-order valence-electron chi connectivity index (χ4n) is 6.38. The first-order valence-corrected chi connectivity index (χ1v) is 14.4. The topological polar surface area (TPSA) is 8.17 Å². The van der Waals surface area contributed by atoms with E-state index in [4.69, 9.17) is 0 Å². The molecule has 0 bridgehead atoms. The normalized spacial score (nSPS) is 11.3. The van der Waals surface area contributed by atoms with Gasteiger partial charge < -0.3 is 9.47 Å². The monoisotopic (exact) mass is 536 g/mol. The molecule has 0 aliphatic heterocycles. The summed E-state index contributed by atoms with van der Waals surface area (Å²) in [6.07, 6.45) is 0. The Bertz CT molecular complexity index is 2170. The molecule has 2 heteroatoms. The molecule has 0 aliphatic carbocycles. The summed E-state index contributed by atoms with van der Waals surface area (Å²) in [6.45, 7) is 0. The summed E-state index contributed by atoms with van der Waals surface area (Å²) in [5.74, 6) is 0. The van der Waals surface area contributed by atoms with Crippen molar-refractivity contribution in [1.29, 1.82) is 0 Å². The Balaban J connectivity index is 1.55. The highest BCUT2D eigenvalue weighted by atomic mass is 15.1. The highest BCUT2D eigenvalue weighted by Crippen LogP contribution is 2.47. The maximum absolute atomic E-state index is 2.43. The van der Waals surface area contributed by atoms with E-state index in [1.165, 1.54) is 43.7 Å². The Morgan fingerprint density at radius 2 is 0.976 bits per heavy atom. The average molecular weight is 537 g/mol. The summed E-state index contributed by atoms with van der Waals surface area (Å²) in [7, 11) is 0. The minimum Gasteiger partial charge on any atom is -0.309 e. The van der Waals surface area contributed by atoms with Crippen molar-refractivity contribution in [2.24, 2.45) is 0 Å². The second-order valence-electron chi connectivity index (χ2n) is 10.6. The van der Waals surface area contributed by atoms with E-state index in [2.05, 4.69) is 179 Å². The second kappa shape index (κ2) is 10.1. The van der Waals surface area contributed by atoms with Crippen LogP contribution in [-0.2, 0) is 0 Å². The van der Waals surface area contributed by atoms with E-state index in [0.717, 1.165) is 22.7 Å². The molecular formula is C40H28N2. The van der Waals surface area contributed by atoms with Gasteiger partial charge in [-0.2, -0.15) is 0 Å². The third-order valence-electron chi connectivity index (χ3n) is 8.16. The summed E-state index contributed by atoms with van der Waals surface area (Å²) < 4.78 is 2.41. The molecule has 0 saturated carbocycles. The molecule has 8 rings (SSSR count). The molecule has 0 radical (unpaired) electrons. The van der Waals surface area contributed by atoms with Gasteiger partial charge in [-0.1, -0.05) is 121 Å². The van der Waals surface area contributed by atoms with Crippen LogP contribution in [0.15, 0.2) is 170 Å². The largest absolute Gasteiger partial charge is 0.309 e. The summed E-state index contributed by atoms with van der Waals surface area (Å²) in [5.41, 5.74) is 9.39. The molecular weight excluding hydrogens is 508 g/mol. The molecule has 1 aromatic heterocycles. The highest BCUT2D eigenvalue weighted by molar-refractivity contribution is 6.21. The minimum atomic E-state index is 1.12. The van der Waals surface area contributed by atoms with Gasteiger partial charge in [0.25, 0.3) is 0 Å². The van der Waals surface area contributed by atoms with Crippen LogP contribution in [0.2, 0.25) is 0 Å². The molecule has 8 aromatic rings. The molecule has 0 aliphatic rings. The standard InChI is InChI=1S/C40H28N2/c1-4-15-30(16-5-1)34-24-13-26-36-39(34)40-37(27-14-28-38(40)42(36)32-21-8-3-9-22-32)41(31-19-6-2-7-20-31)35-25-12-18-29-17-10-11-23-33(29)35/h1-28H. The van der Waals surface area contributed by atoms with E-state index in [1.54, 1.807) is 0 Å². The van der Waals surface area contributed by atoms with E-state index in [0.29, 0.717) is 0 Å². The molecule has 0 amide bonds. The maximum atomic E-state index is 2.43. The summed E-state index contributed by atoms with van der Waals surface area (Å²) in [5, 5.41) is 4.92. The van der Waals surface area contributed by atoms with Crippen LogP contribution in [0.4, 0.5) is 17.1 Å². The quantitative estimate of drug-likeness (QED) is 0.212. The fraction of sp³-hybridized carbons (Fsp3) is 0. The van der Waals surface area contributed by atoms with E-state index < -0.39 is 0 Å². The number of nitrogens with zero attached hydrogens (tertiary/aromatic N) is 2. The van der Waals surface area contributed by atoms with E-state index >= 15 is 0 Å². The van der Waals surface area contributed by atoms with Gasteiger partial charge in [0.1, 0.15) is 0 Å². The summed E-state index contributed by atoms with van der Waals surface area (Å²) >= 11 is 0. The number of hydrogen-bond donors (Lipinski definition) is 0. The lowest BCUT2D eigenvalue weighted by atomic mass is 9.98. The highest BCUT2D eigenvalue weighted by Gasteiger charge is 2.23. The van der Waals surface area contributed by atoms with E-state index in [1.807, 2.05) is 0 Å². The first kappa shape index (κ1) is 24.2. The zero-order valence-electron chi connectivity index (χ0n) is 23.1. The molecule has 0 spiro atoms. The second-order valence-corrected chi connectivity index (χ2v) is 10.6. The van der Waals surface area contributed by atoms with Gasteiger partial charge in [0, 0.05) is 27.5 Å². The van der Waals surface area contributed by atoms with E-state index in [9.17, 15) is 0 Å². The Hall–Kier alpha value is -5.60. The van der Waals surface area contributed by atoms with Gasteiger partial charge in [-0.3, -0.25) is 0 Å². The number of anilines is 3. The van der Waals surface area contributed by atoms with Crippen molar-refractivity contribution in [2.75, 3.05) is 4.90 Å². The van der Waals surface area contributed by atoms with Crippen LogP contribution in [0, 0.1) is 0 Å². The van der Waals surface area contributed by atoms with Crippen LogP contribution in [0.25, 0.3) is 49.4 Å². The zero-order chi connectivity index (χ0) is 27.9. The van der Waals surface area contributed by atoms with Gasteiger partial charge in [0.2, 0.25) is 0 Å². The zero-order valence-corrected chi connectivity index (χ0v) is 23.1. The number of fused-ring (bicyclic) bond motifs is 4. The van der Waals surface area contributed by atoms with Gasteiger partial charge in [-0.25, -0.2) is 0 Å². The molecule has 2 nitrogen and oxygen atoms in total. The number of aromatic nitrogens is 1. The third-order valence-corrected chi connectivity index (χ3v) is 8.16. The number of rotatable bonds is 5. The van der Waals surface area contributed by atoms with Crippen molar-refractivity contribution in [3.05, 3.63) is 170 Å². The smallest absolute Gasteiger partial charge is 0.0562 e. The predicted octanol–water partition coefficient (Wildman–Crippen LogP) is 11.1. The lowest BCUT2D eigenvalue weighted by molar-refractivity contribution is 1.18. The van der Waals surface area contributed by atoms with Crippen LogP contribution >= 0.6 is 0 Å². The molecule has 42 heavy (non-hydrogen) atoms. The maximum Gasteiger partial charge on any atom is 0.0562 e. The third kappa shape index (κ3) is 3.88. The van der Waals surface area contributed by atoms with Crippen LogP contribution in [0.1, 0.15) is 0 Å². The molecule has 0 unspecified atom stereocenters. The Kier molecular flexibility index (Phi) is 5.82. The Labute approximate surface area is 245 Å². The number of para-hydroxylation sites is 2. The molecule has 198 valence electrons. The fourth-order valence-corrected chi connectivity index (χ4v) is 6.38. The number of hydrogen-bond acceptors (Lipinski definition) is 1. The number of benzene rings is 7. The molecule has 0 N–H and O–H groups in total. The summed E-state index contributed by atoms with van der Waals surface area (Å²) in [4.78, 5) is 2.43. The first-order chi connectivity index (χ1) is 20.9. The average Bonchev–Trinajstić information content (AvgIpc) is 3.42. The van der Waals surface area contributed by atoms with Crippen molar-refractivity contribution < 1.29 is 0 Å². The predicted molar refractivity (Wildman–Crippen MR) is 178 cm³/mol.